The lowest BCUT2D eigenvalue weighted by Gasteiger charge is -2.09. The molecule has 11 heavy (non-hydrogen) atoms. The fourth-order valence-electron chi connectivity index (χ4n) is 2.84. The van der Waals surface area contributed by atoms with E-state index in [1.54, 1.807) is 25.7 Å². The van der Waals surface area contributed by atoms with Crippen molar-refractivity contribution in [1.82, 2.24) is 0 Å². The van der Waals surface area contributed by atoms with Gasteiger partial charge < -0.3 is 0 Å². The molecule has 0 bridgehead atoms. The number of unbranched alkanes of at least 4 members (excludes halogenated alkanes) is 2. The van der Waals surface area contributed by atoms with Crippen LogP contribution in [0.25, 0.3) is 0 Å². The van der Waals surface area contributed by atoms with E-state index < -0.39 is 0 Å². The number of rotatable bonds is 4. The molecule has 0 radical (unpaired) electrons. The minimum atomic E-state index is 1.16. The largest absolute Gasteiger partial charge is 0.0654 e. The fourth-order valence-corrected chi connectivity index (χ4v) is 2.84. The van der Waals surface area contributed by atoms with Gasteiger partial charge in [0.1, 0.15) is 0 Å². The molecular formula is C11H20. The monoisotopic (exact) mass is 152 g/mol. The lowest BCUT2D eigenvalue weighted by atomic mass is 9.96. The SMILES string of the molecule is CCCCCC1CCC2CC12. The molecule has 0 N–H and O–H groups in total. The Hall–Kier alpha value is 0. The van der Waals surface area contributed by atoms with E-state index in [1.807, 2.05) is 0 Å². The van der Waals surface area contributed by atoms with E-state index in [9.17, 15) is 0 Å². The topological polar surface area (TPSA) is 0 Å². The summed E-state index contributed by atoms with van der Waals surface area (Å²) in [4.78, 5) is 0. The Kier molecular flexibility index (Phi) is 2.20. The van der Waals surface area contributed by atoms with Gasteiger partial charge >= 0.3 is 0 Å². The predicted molar refractivity (Wildman–Crippen MR) is 48.5 cm³/mol. The molecule has 2 aliphatic carbocycles. The van der Waals surface area contributed by atoms with E-state index in [-0.39, 0.29) is 0 Å². The van der Waals surface area contributed by atoms with Gasteiger partial charge in [0.05, 0.1) is 0 Å². The molecule has 2 saturated carbocycles. The molecule has 2 rings (SSSR count). The maximum atomic E-state index is 2.30. The van der Waals surface area contributed by atoms with Gasteiger partial charge in [-0.15, -0.1) is 0 Å². The Bertz CT molecular complexity index is 128. The van der Waals surface area contributed by atoms with Crippen LogP contribution in [0, 0.1) is 17.8 Å². The number of fused-ring (bicyclic) bond motifs is 1. The third-order valence-electron chi connectivity index (χ3n) is 3.67. The predicted octanol–water partition coefficient (Wildman–Crippen LogP) is 3.61. The maximum absolute atomic E-state index is 2.30. The molecule has 0 heteroatoms. The van der Waals surface area contributed by atoms with Crippen molar-refractivity contribution >= 4 is 0 Å². The summed E-state index contributed by atoms with van der Waals surface area (Å²) in [5.74, 6) is 3.56. The van der Waals surface area contributed by atoms with Gasteiger partial charge in [-0.2, -0.15) is 0 Å². The first-order chi connectivity index (χ1) is 5.42. The van der Waals surface area contributed by atoms with Gasteiger partial charge in [0.2, 0.25) is 0 Å². The molecule has 3 unspecified atom stereocenters. The van der Waals surface area contributed by atoms with Crippen LogP contribution in [-0.4, -0.2) is 0 Å². The molecule has 3 atom stereocenters. The second-order valence-corrected chi connectivity index (χ2v) is 4.49. The van der Waals surface area contributed by atoms with Gasteiger partial charge in [0.25, 0.3) is 0 Å². The second kappa shape index (κ2) is 3.16. The Morgan fingerprint density at radius 1 is 1.18 bits per heavy atom. The number of hydrogen-bond donors (Lipinski definition) is 0. The van der Waals surface area contributed by atoms with Crippen molar-refractivity contribution in [1.29, 1.82) is 0 Å². The van der Waals surface area contributed by atoms with E-state index in [0.717, 1.165) is 5.92 Å². The van der Waals surface area contributed by atoms with Crippen LogP contribution in [0.5, 0.6) is 0 Å². The summed E-state index contributed by atoms with van der Waals surface area (Å²) in [5, 5.41) is 0. The molecule has 0 spiro atoms. The third kappa shape index (κ3) is 1.60. The molecule has 0 saturated heterocycles. The highest BCUT2D eigenvalue weighted by Gasteiger charge is 2.46. The third-order valence-corrected chi connectivity index (χ3v) is 3.67. The molecule has 2 aliphatic rings. The van der Waals surface area contributed by atoms with Crippen LogP contribution in [0.15, 0.2) is 0 Å². The standard InChI is InChI=1S/C11H20/c1-2-3-4-5-9-6-7-10-8-11(9)10/h9-11H,2-8H2,1H3. The summed E-state index contributed by atoms with van der Waals surface area (Å²) in [5.41, 5.74) is 0. The van der Waals surface area contributed by atoms with Gasteiger partial charge in [-0.3, -0.25) is 0 Å². The summed E-state index contributed by atoms with van der Waals surface area (Å²) >= 11 is 0. The summed E-state index contributed by atoms with van der Waals surface area (Å²) in [7, 11) is 0. The highest BCUT2D eigenvalue weighted by atomic mass is 14.5. The molecule has 0 aromatic heterocycles. The van der Waals surface area contributed by atoms with Gasteiger partial charge in [-0.25, -0.2) is 0 Å². The first-order valence-corrected chi connectivity index (χ1v) is 5.42. The van der Waals surface area contributed by atoms with Crippen LogP contribution in [0.1, 0.15) is 51.9 Å². The Labute approximate surface area is 70.4 Å². The van der Waals surface area contributed by atoms with Gasteiger partial charge in [-0.05, 0) is 37.0 Å². The fraction of sp³-hybridized carbons (Fsp3) is 1.00. The summed E-state index contributed by atoms with van der Waals surface area (Å²) in [6.07, 6.45) is 10.6. The van der Waals surface area contributed by atoms with E-state index >= 15 is 0 Å². The zero-order valence-corrected chi connectivity index (χ0v) is 7.68. The average Bonchev–Trinajstić information content (AvgIpc) is 2.70. The molecule has 2 fully saturated rings. The average molecular weight is 152 g/mol. The molecule has 64 valence electrons. The van der Waals surface area contributed by atoms with E-state index in [0.29, 0.717) is 0 Å². The molecule has 0 heterocycles. The highest BCUT2D eigenvalue weighted by molar-refractivity contribution is 4.97. The molecule has 0 aromatic rings. The van der Waals surface area contributed by atoms with E-state index in [2.05, 4.69) is 6.92 Å². The quantitative estimate of drug-likeness (QED) is 0.540. The molecule has 0 aromatic carbocycles. The Balaban J connectivity index is 1.63. The first-order valence-electron chi connectivity index (χ1n) is 5.42. The summed E-state index contributed by atoms with van der Waals surface area (Å²) in [6.45, 7) is 2.30. The zero-order valence-electron chi connectivity index (χ0n) is 7.68. The van der Waals surface area contributed by atoms with Crippen molar-refractivity contribution in [3.63, 3.8) is 0 Å². The lowest BCUT2D eigenvalue weighted by molar-refractivity contribution is 0.422. The van der Waals surface area contributed by atoms with Crippen LogP contribution in [0.4, 0.5) is 0 Å². The number of hydrogen-bond acceptors (Lipinski definition) is 0. The van der Waals surface area contributed by atoms with Crippen molar-refractivity contribution in [2.75, 3.05) is 0 Å². The minimum absolute atomic E-state index is 1.16. The zero-order chi connectivity index (χ0) is 7.68. The van der Waals surface area contributed by atoms with Crippen LogP contribution in [0.3, 0.4) is 0 Å². The van der Waals surface area contributed by atoms with Gasteiger partial charge in [0.15, 0.2) is 0 Å². The van der Waals surface area contributed by atoms with Crippen molar-refractivity contribution < 1.29 is 0 Å². The Morgan fingerprint density at radius 2 is 2.09 bits per heavy atom. The summed E-state index contributed by atoms with van der Waals surface area (Å²) in [6, 6.07) is 0. The smallest absolute Gasteiger partial charge is 0.0355 e. The molecule has 0 amide bonds. The van der Waals surface area contributed by atoms with Crippen LogP contribution in [-0.2, 0) is 0 Å². The van der Waals surface area contributed by atoms with Crippen LogP contribution >= 0.6 is 0 Å². The summed E-state index contributed by atoms with van der Waals surface area (Å²) < 4.78 is 0. The van der Waals surface area contributed by atoms with Crippen molar-refractivity contribution in [3.05, 3.63) is 0 Å². The molecule has 0 aliphatic heterocycles. The molecule has 0 nitrogen and oxygen atoms in total. The van der Waals surface area contributed by atoms with Crippen molar-refractivity contribution in [2.24, 2.45) is 17.8 Å². The lowest BCUT2D eigenvalue weighted by Crippen LogP contribution is -1.97. The van der Waals surface area contributed by atoms with Crippen molar-refractivity contribution in [2.45, 2.75) is 51.9 Å². The first kappa shape index (κ1) is 7.64. The van der Waals surface area contributed by atoms with E-state index in [4.69, 9.17) is 0 Å². The minimum Gasteiger partial charge on any atom is -0.0654 e. The maximum Gasteiger partial charge on any atom is -0.0355 e. The van der Waals surface area contributed by atoms with Crippen LogP contribution < -0.4 is 0 Å². The van der Waals surface area contributed by atoms with Gasteiger partial charge in [0, 0.05) is 0 Å². The molecular weight excluding hydrogens is 132 g/mol. The van der Waals surface area contributed by atoms with E-state index in [1.165, 1.54) is 31.1 Å². The Morgan fingerprint density at radius 3 is 2.64 bits per heavy atom. The second-order valence-electron chi connectivity index (χ2n) is 4.49. The highest BCUT2D eigenvalue weighted by Crippen LogP contribution is 2.56. The van der Waals surface area contributed by atoms with Crippen molar-refractivity contribution in [3.8, 4) is 0 Å². The normalized spacial score (nSPS) is 40.6. The van der Waals surface area contributed by atoms with Crippen LogP contribution in [0.2, 0.25) is 0 Å². The van der Waals surface area contributed by atoms with Gasteiger partial charge in [-0.1, -0.05) is 32.6 Å².